The van der Waals surface area contributed by atoms with Crippen LogP contribution in [-0.4, -0.2) is 69.0 Å². The van der Waals surface area contributed by atoms with E-state index in [0.29, 0.717) is 24.1 Å². The van der Waals surface area contributed by atoms with Crippen molar-refractivity contribution >= 4 is 29.1 Å². The van der Waals surface area contributed by atoms with Gasteiger partial charge in [-0.2, -0.15) is 0 Å². The van der Waals surface area contributed by atoms with E-state index in [9.17, 15) is 39.6 Å². The minimum atomic E-state index is -2.62. The minimum Gasteiger partial charge on any atom is -0.511 e. The molecule has 38 heavy (non-hydrogen) atoms. The van der Waals surface area contributed by atoms with Crippen molar-refractivity contribution in [2.24, 2.45) is 23.3 Å². The number of nitrogens with zero attached hydrogens (tertiary/aromatic N) is 1. The van der Waals surface area contributed by atoms with E-state index in [1.165, 1.54) is 0 Å². The number of ketones is 2. The molecule has 1 saturated carbocycles. The summed E-state index contributed by atoms with van der Waals surface area (Å²) in [5, 5.41) is 46.7. The number of hydrogen-bond donors (Lipinski definition) is 7. The van der Waals surface area contributed by atoms with E-state index in [2.05, 4.69) is 5.32 Å². The third-order valence-electron chi connectivity index (χ3n) is 8.28. The lowest BCUT2D eigenvalue weighted by Gasteiger charge is -2.46. The number of carbonyl (C=O) groups is 4. The fraction of sp³-hybridized carbons (Fsp3) is 0.462. The van der Waals surface area contributed by atoms with Gasteiger partial charge >= 0.3 is 0 Å². The van der Waals surface area contributed by atoms with Crippen molar-refractivity contribution in [1.29, 1.82) is 0 Å². The molecule has 4 aliphatic carbocycles. The third kappa shape index (κ3) is 3.51. The maximum absolute atomic E-state index is 13.8. The first-order valence-electron chi connectivity index (χ1n) is 12.3. The number of hydrogen-bond acceptors (Lipinski definition) is 10. The Morgan fingerprint density at radius 1 is 1.16 bits per heavy atom. The van der Waals surface area contributed by atoms with E-state index in [4.69, 9.17) is 11.5 Å². The number of nitrogens with two attached hydrogens (primary N) is 2. The molecule has 0 aromatic heterocycles. The Hall–Kier alpha value is -3.90. The van der Waals surface area contributed by atoms with Crippen LogP contribution in [0.15, 0.2) is 28.7 Å². The Morgan fingerprint density at radius 2 is 1.82 bits per heavy atom. The molecule has 1 fully saturated rings. The molecule has 202 valence electrons. The third-order valence-corrected chi connectivity index (χ3v) is 8.28. The van der Waals surface area contributed by atoms with Crippen LogP contribution in [0.2, 0.25) is 0 Å². The molecule has 0 unspecified atom stereocenters. The number of Topliss-reactive ketones (excluding diaryl/α,β-unsaturated/α-hetero) is 2. The maximum atomic E-state index is 13.8. The molecule has 0 spiro atoms. The van der Waals surface area contributed by atoms with Crippen molar-refractivity contribution < 1.29 is 39.6 Å². The van der Waals surface area contributed by atoms with Crippen LogP contribution in [0.4, 0.5) is 5.69 Å². The summed E-state index contributed by atoms with van der Waals surface area (Å²) in [6, 6.07) is 1.67. The molecule has 12 heteroatoms. The van der Waals surface area contributed by atoms with Crippen LogP contribution in [0.3, 0.4) is 0 Å². The summed E-state index contributed by atoms with van der Waals surface area (Å²) < 4.78 is 0. The van der Waals surface area contributed by atoms with Gasteiger partial charge in [0.2, 0.25) is 11.7 Å². The molecule has 0 heterocycles. The number of nitrogens with one attached hydrogen (secondary N) is 1. The number of carbonyl (C=O) groups excluding carboxylic acids is 4. The summed E-state index contributed by atoms with van der Waals surface area (Å²) in [7, 11) is 3.52. The average Bonchev–Trinajstić information content (AvgIpc) is 3.58. The number of phenols is 1. The van der Waals surface area contributed by atoms with Crippen molar-refractivity contribution in [1.82, 2.24) is 5.32 Å². The van der Waals surface area contributed by atoms with E-state index in [1.54, 1.807) is 25.1 Å². The number of aliphatic hydroxyl groups is 3. The van der Waals surface area contributed by atoms with Gasteiger partial charge in [0.1, 0.15) is 22.8 Å². The predicted octanol–water partition coefficient (Wildman–Crippen LogP) is -0.246. The number of aliphatic hydroxyl groups excluding tert-OH is 2. The molecule has 2 amide bonds. The Bertz CT molecular complexity index is 1390. The number of primary amides is 1. The van der Waals surface area contributed by atoms with Gasteiger partial charge in [-0.05, 0) is 43.2 Å². The van der Waals surface area contributed by atoms with Gasteiger partial charge in [-0.1, -0.05) is 0 Å². The zero-order valence-electron chi connectivity index (χ0n) is 21.0. The van der Waals surface area contributed by atoms with Crippen LogP contribution in [0, 0.1) is 11.8 Å². The van der Waals surface area contributed by atoms with E-state index >= 15 is 0 Å². The van der Waals surface area contributed by atoms with Crippen molar-refractivity contribution in [3.8, 4) is 5.75 Å². The predicted molar refractivity (Wildman–Crippen MR) is 133 cm³/mol. The van der Waals surface area contributed by atoms with Crippen LogP contribution in [0.25, 0.3) is 0 Å². The molecular weight excluding hydrogens is 496 g/mol. The van der Waals surface area contributed by atoms with E-state index in [0.717, 1.165) is 0 Å². The molecular formula is C26H30N4O8. The van der Waals surface area contributed by atoms with E-state index < -0.39 is 63.3 Å². The molecule has 5 rings (SSSR count). The first-order chi connectivity index (χ1) is 17.7. The summed E-state index contributed by atoms with van der Waals surface area (Å²) in [5.41, 5.74) is 7.82. The zero-order chi connectivity index (χ0) is 27.9. The second-order valence-corrected chi connectivity index (χ2v) is 10.9. The van der Waals surface area contributed by atoms with Crippen LogP contribution in [0.5, 0.6) is 5.75 Å². The van der Waals surface area contributed by atoms with Crippen molar-refractivity contribution in [3.63, 3.8) is 0 Å². The second kappa shape index (κ2) is 8.30. The summed E-state index contributed by atoms with van der Waals surface area (Å²) >= 11 is 0. The lowest BCUT2D eigenvalue weighted by atomic mass is 9.60. The number of phenolic OH excluding ortho intramolecular Hbond substituents is 1. The highest BCUT2D eigenvalue weighted by atomic mass is 16.3. The number of fused-ring (bicyclic) bond motifs is 3. The van der Waals surface area contributed by atoms with Gasteiger partial charge in [-0.3, -0.25) is 19.2 Å². The lowest BCUT2D eigenvalue weighted by Crippen LogP contribution is -2.57. The fourth-order valence-corrected chi connectivity index (χ4v) is 5.97. The van der Waals surface area contributed by atoms with Gasteiger partial charge in [0.25, 0.3) is 5.91 Å². The summed E-state index contributed by atoms with van der Waals surface area (Å²) in [6.45, 7) is -0.101. The number of rotatable bonds is 5. The number of benzene rings is 1. The smallest absolute Gasteiger partial charge is 0.255 e. The normalized spacial score (nSPS) is 27.4. The Balaban J connectivity index is 1.60. The molecule has 1 aromatic rings. The van der Waals surface area contributed by atoms with Crippen molar-refractivity contribution in [3.05, 3.63) is 45.4 Å². The monoisotopic (exact) mass is 526 g/mol. The SMILES string of the molecule is CN(C)c1cc(CNC(=O)C2(N)CC2)c(O)c2c1C[C@H]1C[C@H]3CC(O)=C(C(N)=O)C(=O)[C@@]3(O)C(O)=C1C2=O. The highest BCUT2D eigenvalue weighted by Gasteiger charge is 2.59. The molecule has 0 bridgehead atoms. The zero-order valence-corrected chi connectivity index (χ0v) is 21.0. The molecule has 1 aromatic carbocycles. The number of amides is 2. The quantitative estimate of drug-likeness (QED) is 0.250. The minimum absolute atomic E-state index is 0.0485. The molecule has 12 nitrogen and oxygen atoms in total. The van der Waals surface area contributed by atoms with Crippen molar-refractivity contribution in [2.75, 3.05) is 19.0 Å². The molecule has 0 aliphatic heterocycles. The topological polar surface area (TPSA) is 217 Å². The summed E-state index contributed by atoms with van der Waals surface area (Å²) in [5.74, 6) is -7.18. The Kier molecular flexibility index (Phi) is 5.62. The summed E-state index contributed by atoms with van der Waals surface area (Å²) in [6.07, 6.45) is 1.06. The molecule has 9 N–H and O–H groups in total. The van der Waals surface area contributed by atoms with Crippen LogP contribution < -0.4 is 21.7 Å². The van der Waals surface area contributed by atoms with E-state index in [1.807, 2.05) is 0 Å². The van der Waals surface area contributed by atoms with Crippen molar-refractivity contribution in [2.45, 2.75) is 49.8 Å². The Morgan fingerprint density at radius 3 is 2.39 bits per heavy atom. The molecule has 0 radical (unpaired) electrons. The fourth-order valence-electron chi connectivity index (χ4n) is 5.97. The standard InChI is InChI=1S/C26H30N4O8/c1-30(2)14-7-11(9-29-24(37)25(28)3-4-25)19(32)17-13(14)6-10-5-12-8-15(31)18(23(27)36)22(35)26(12,38)21(34)16(10)20(17)33/h7,10,12,31-32,34,38H,3-6,8-9,28H2,1-2H3,(H2,27,36)(H,29,37)/t10-,12+,26+/m1/s1. The maximum Gasteiger partial charge on any atom is 0.255 e. The summed E-state index contributed by atoms with van der Waals surface area (Å²) in [4.78, 5) is 52.9. The second-order valence-electron chi connectivity index (χ2n) is 10.9. The molecule has 3 atom stereocenters. The van der Waals surface area contributed by atoms with Gasteiger partial charge in [0, 0.05) is 49.8 Å². The molecule has 0 saturated heterocycles. The van der Waals surface area contributed by atoms with E-state index in [-0.39, 0.29) is 48.4 Å². The lowest BCUT2D eigenvalue weighted by molar-refractivity contribution is -0.144. The van der Waals surface area contributed by atoms with Crippen LogP contribution >= 0.6 is 0 Å². The number of aromatic hydroxyl groups is 1. The highest BCUT2D eigenvalue weighted by molar-refractivity contribution is 6.24. The highest BCUT2D eigenvalue weighted by Crippen LogP contribution is 2.52. The van der Waals surface area contributed by atoms with Gasteiger partial charge in [0.05, 0.1) is 11.1 Å². The average molecular weight is 527 g/mol. The first-order valence-corrected chi connectivity index (χ1v) is 12.3. The van der Waals surface area contributed by atoms with Gasteiger partial charge in [0.15, 0.2) is 11.4 Å². The van der Waals surface area contributed by atoms with Gasteiger partial charge in [-0.15, -0.1) is 0 Å². The number of allylic oxidation sites excluding steroid dienone is 2. The van der Waals surface area contributed by atoms with Crippen LogP contribution in [0.1, 0.15) is 47.2 Å². The van der Waals surface area contributed by atoms with Gasteiger partial charge in [-0.25, -0.2) is 0 Å². The van der Waals surface area contributed by atoms with Gasteiger partial charge < -0.3 is 42.1 Å². The largest absolute Gasteiger partial charge is 0.511 e. The number of anilines is 1. The Labute approximate surface area is 217 Å². The van der Waals surface area contributed by atoms with Crippen LogP contribution in [-0.2, 0) is 27.3 Å². The molecule has 4 aliphatic rings. The first kappa shape index (κ1) is 25.7.